The van der Waals surface area contributed by atoms with Gasteiger partial charge in [0.2, 0.25) is 0 Å². The zero-order valence-electron chi connectivity index (χ0n) is 16.3. The van der Waals surface area contributed by atoms with Crippen LogP contribution in [0.1, 0.15) is 34.0 Å². The van der Waals surface area contributed by atoms with Gasteiger partial charge in [0.1, 0.15) is 10.8 Å². The highest BCUT2D eigenvalue weighted by Crippen LogP contribution is 2.26. The molecule has 1 amide bonds. The molecular weight excluding hydrogens is 368 g/mol. The van der Waals surface area contributed by atoms with Crippen molar-refractivity contribution in [3.05, 3.63) is 77.1 Å². The molecule has 0 saturated heterocycles. The number of benzene rings is 1. The molecule has 3 aromatic rings. The van der Waals surface area contributed by atoms with Crippen molar-refractivity contribution in [1.29, 1.82) is 0 Å². The van der Waals surface area contributed by atoms with Gasteiger partial charge >= 0.3 is 0 Å². The summed E-state index contributed by atoms with van der Waals surface area (Å²) in [7, 11) is 0. The molecule has 0 aliphatic heterocycles. The van der Waals surface area contributed by atoms with Crippen molar-refractivity contribution in [1.82, 2.24) is 9.97 Å². The van der Waals surface area contributed by atoms with Crippen molar-refractivity contribution in [2.75, 3.05) is 17.2 Å². The zero-order chi connectivity index (χ0) is 19.9. The molecule has 0 saturated carbocycles. The number of nitrogens with zero attached hydrogens (tertiary/aromatic N) is 2. The van der Waals surface area contributed by atoms with Crippen LogP contribution in [0.4, 0.5) is 11.5 Å². The molecule has 0 atom stereocenters. The first-order valence-corrected chi connectivity index (χ1v) is 10.2. The van der Waals surface area contributed by atoms with E-state index in [1.54, 1.807) is 30.2 Å². The van der Waals surface area contributed by atoms with Crippen LogP contribution in [-0.2, 0) is 5.75 Å². The number of rotatable bonds is 7. The van der Waals surface area contributed by atoms with Gasteiger partial charge in [0.05, 0.1) is 5.56 Å². The second kappa shape index (κ2) is 9.37. The van der Waals surface area contributed by atoms with Gasteiger partial charge in [0, 0.05) is 30.4 Å². The Balaban J connectivity index is 1.73. The summed E-state index contributed by atoms with van der Waals surface area (Å²) in [4.78, 5) is 21.5. The summed E-state index contributed by atoms with van der Waals surface area (Å²) in [6.45, 7) is 6.90. The number of nitrogens with one attached hydrogen (secondary N) is 2. The quantitative estimate of drug-likeness (QED) is 0.550. The van der Waals surface area contributed by atoms with Crippen LogP contribution in [0.25, 0.3) is 0 Å². The monoisotopic (exact) mass is 392 g/mol. The van der Waals surface area contributed by atoms with Gasteiger partial charge in [-0.1, -0.05) is 6.07 Å². The van der Waals surface area contributed by atoms with Gasteiger partial charge in [-0.25, -0.2) is 9.97 Å². The average Bonchev–Trinajstić information content (AvgIpc) is 2.66. The maximum Gasteiger partial charge on any atom is 0.258 e. The number of hydrogen-bond acceptors (Lipinski definition) is 5. The van der Waals surface area contributed by atoms with E-state index in [2.05, 4.69) is 26.7 Å². The molecule has 3 rings (SSSR count). The topological polar surface area (TPSA) is 66.9 Å². The number of hydrogen-bond donors (Lipinski definition) is 2. The van der Waals surface area contributed by atoms with Crippen LogP contribution in [0.5, 0.6) is 0 Å². The summed E-state index contributed by atoms with van der Waals surface area (Å²) < 4.78 is 0. The number of anilines is 2. The van der Waals surface area contributed by atoms with Crippen molar-refractivity contribution in [2.24, 2.45) is 0 Å². The van der Waals surface area contributed by atoms with Crippen LogP contribution in [0.2, 0.25) is 0 Å². The van der Waals surface area contributed by atoms with E-state index < -0.39 is 0 Å². The molecule has 2 heterocycles. The maximum absolute atomic E-state index is 12.8. The number of carbonyl (C=O) groups excluding carboxylic acids is 1. The van der Waals surface area contributed by atoms with E-state index in [0.29, 0.717) is 16.3 Å². The minimum absolute atomic E-state index is 0.149. The fourth-order valence-electron chi connectivity index (χ4n) is 2.92. The lowest BCUT2D eigenvalue weighted by Gasteiger charge is -2.11. The molecular formula is C22H24N4OS. The number of carbonyl (C=O) groups is 1. The van der Waals surface area contributed by atoms with E-state index in [-0.39, 0.29) is 5.91 Å². The summed E-state index contributed by atoms with van der Waals surface area (Å²) in [5, 5.41) is 6.92. The summed E-state index contributed by atoms with van der Waals surface area (Å²) in [5.74, 6) is 1.42. The Morgan fingerprint density at radius 1 is 1.04 bits per heavy atom. The first-order chi connectivity index (χ1) is 13.5. The lowest BCUT2D eigenvalue weighted by molar-refractivity contribution is 0.102. The van der Waals surface area contributed by atoms with E-state index in [1.165, 1.54) is 0 Å². The van der Waals surface area contributed by atoms with E-state index >= 15 is 0 Å². The molecule has 6 heteroatoms. The van der Waals surface area contributed by atoms with Crippen LogP contribution in [-0.4, -0.2) is 22.4 Å². The number of aryl methyl sites for hydroxylation is 2. The molecule has 0 radical (unpaired) electrons. The Morgan fingerprint density at radius 2 is 1.82 bits per heavy atom. The number of aromatic nitrogens is 2. The van der Waals surface area contributed by atoms with Crippen LogP contribution in [0, 0.1) is 13.8 Å². The molecule has 0 unspecified atom stereocenters. The first kappa shape index (κ1) is 19.9. The summed E-state index contributed by atoms with van der Waals surface area (Å²) in [5.41, 5.74) is 4.73. The number of pyridine rings is 2. The van der Waals surface area contributed by atoms with E-state index in [1.807, 2.05) is 51.1 Å². The Labute approximate surface area is 170 Å². The van der Waals surface area contributed by atoms with E-state index in [4.69, 9.17) is 0 Å². The van der Waals surface area contributed by atoms with Crippen LogP contribution in [0.3, 0.4) is 0 Å². The van der Waals surface area contributed by atoms with E-state index in [0.717, 1.165) is 34.7 Å². The molecule has 0 fully saturated rings. The van der Waals surface area contributed by atoms with Crippen molar-refractivity contribution >= 4 is 29.2 Å². The highest BCUT2D eigenvalue weighted by Gasteiger charge is 2.13. The highest BCUT2D eigenvalue weighted by atomic mass is 32.2. The average molecular weight is 393 g/mol. The van der Waals surface area contributed by atoms with Gasteiger partial charge in [-0.15, -0.1) is 11.8 Å². The van der Waals surface area contributed by atoms with Crippen molar-refractivity contribution in [3.63, 3.8) is 0 Å². The van der Waals surface area contributed by atoms with Crippen LogP contribution in [0.15, 0.2) is 59.9 Å². The van der Waals surface area contributed by atoms with Gasteiger partial charge in [-0.3, -0.25) is 4.79 Å². The van der Waals surface area contributed by atoms with Crippen molar-refractivity contribution < 1.29 is 4.79 Å². The Hall–Kier alpha value is -2.86. The SMILES string of the molecule is CCNc1cc(CSc2ncccc2C(=O)Nc2cc(C)cc(C)c2)ccn1. The second-order valence-corrected chi connectivity index (χ2v) is 7.52. The normalized spacial score (nSPS) is 10.5. The van der Waals surface area contributed by atoms with Gasteiger partial charge in [-0.2, -0.15) is 0 Å². The fourth-order valence-corrected chi connectivity index (χ4v) is 3.85. The smallest absolute Gasteiger partial charge is 0.258 e. The first-order valence-electron chi connectivity index (χ1n) is 9.21. The van der Waals surface area contributed by atoms with Crippen molar-refractivity contribution in [2.45, 2.75) is 31.6 Å². The second-order valence-electron chi connectivity index (χ2n) is 6.55. The minimum atomic E-state index is -0.149. The molecule has 0 aliphatic carbocycles. The molecule has 2 N–H and O–H groups in total. The predicted molar refractivity (Wildman–Crippen MR) is 116 cm³/mol. The summed E-state index contributed by atoms with van der Waals surface area (Å²) in [6, 6.07) is 13.6. The Kier molecular flexibility index (Phi) is 6.66. The maximum atomic E-state index is 12.8. The van der Waals surface area contributed by atoms with Crippen LogP contribution >= 0.6 is 11.8 Å². The molecule has 0 bridgehead atoms. The van der Waals surface area contributed by atoms with E-state index in [9.17, 15) is 4.79 Å². The largest absolute Gasteiger partial charge is 0.370 e. The molecule has 0 spiro atoms. The summed E-state index contributed by atoms with van der Waals surface area (Å²) >= 11 is 1.54. The number of amides is 1. The lowest BCUT2D eigenvalue weighted by atomic mass is 10.1. The third-order valence-electron chi connectivity index (χ3n) is 4.05. The summed E-state index contributed by atoms with van der Waals surface area (Å²) in [6.07, 6.45) is 3.51. The number of thioether (sulfide) groups is 1. The third kappa shape index (κ3) is 5.33. The third-order valence-corrected chi connectivity index (χ3v) is 5.13. The van der Waals surface area contributed by atoms with Gasteiger partial charge in [-0.05, 0) is 73.9 Å². The fraction of sp³-hybridized carbons (Fsp3) is 0.227. The van der Waals surface area contributed by atoms with Gasteiger partial charge < -0.3 is 10.6 Å². The molecule has 0 aliphatic rings. The lowest BCUT2D eigenvalue weighted by Crippen LogP contribution is -2.14. The van der Waals surface area contributed by atoms with Crippen molar-refractivity contribution in [3.8, 4) is 0 Å². The zero-order valence-corrected chi connectivity index (χ0v) is 17.1. The van der Waals surface area contributed by atoms with Gasteiger partial charge in [0.15, 0.2) is 0 Å². The molecule has 5 nitrogen and oxygen atoms in total. The predicted octanol–water partition coefficient (Wildman–Crippen LogP) is 5.07. The Bertz CT molecular complexity index is 954. The minimum Gasteiger partial charge on any atom is -0.370 e. The molecule has 2 aromatic heterocycles. The molecule has 144 valence electrons. The van der Waals surface area contributed by atoms with Gasteiger partial charge in [0.25, 0.3) is 5.91 Å². The molecule has 28 heavy (non-hydrogen) atoms. The van der Waals surface area contributed by atoms with Crippen LogP contribution < -0.4 is 10.6 Å². The standard InChI is InChI=1S/C22H24N4OS/c1-4-23-20-13-17(7-9-24-20)14-28-22-19(6-5-8-25-22)21(27)26-18-11-15(2)10-16(3)12-18/h5-13H,4,14H2,1-3H3,(H,23,24)(H,26,27). The molecule has 1 aromatic carbocycles. The highest BCUT2D eigenvalue weighted by molar-refractivity contribution is 7.98. The Morgan fingerprint density at radius 3 is 2.57 bits per heavy atom.